The van der Waals surface area contributed by atoms with Gasteiger partial charge in [0.05, 0.1) is 19.5 Å². The molecule has 2 aromatic heterocycles. The van der Waals surface area contributed by atoms with Gasteiger partial charge in [0.2, 0.25) is 5.95 Å². The number of phosphoric acid groups is 3. The fourth-order valence-corrected chi connectivity index (χ4v) is 7.04. The number of unbranched alkanes of at least 4 members (excludes halogenated alkanes) is 3. The second kappa shape index (κ2) is 12.9. The number of hydrogen-bond donors (Lipinski definition) is 8. The number of anilines is 1. The number of aromatic amines is 1. The maximum absolute atomic E-state index is 12.2. The van der Waals surface area contributed by atoms with Crippen molar-refractivity contribution in [3.8, 4) is 0 Å². The minimum atomic E-state index is -5.69. The smallest absolute Gasteiger partial charge is 0.387 e. The largest absolute Gasteiger partial charge is 0.490 e. The molecule has 3 heterocycles. The normalized spacial score (nSPS) is 26.3. The number of nitrogen functional groups attached to an aromatic ring is 1. The highest BCUT2D eigenvalue weighted by Gasteiger charge is 2.47. The zero-order chi connectivity index (χ0) is 29.0. The molecule has 10 N–H and O–H groups in total. The number of aliphatic hydroxyl groups is 2. The minimum absolute atomic E-state index is 0.102. The number of nitrogens with one attached hydrogen (secondary N) is 1. The van der Waals surface area contributed by atoms with Crippen LogP contribution in [0.2, 0.25) is 0 Å². The zero-order valence-corrected chi connectivity index (χ0v) is 22.8. The minimum Gasteiger partial charge on any atom is -0.387 e. The molecule has 3 rings (SSSR count). The van der Waals surface area contributed by atoms with Crippen LogP contribution in [0.25, 0.3) is 11.2 Å². The number of aliphatic hydroxyl groups excluding tert-OH is 2. The van der Waals surface area contributed by atoms with E-state index in [-0.39, 0.29) is 23.7 Å². The van der Waals surface area contributed by atoms with Gasteiger partial charge in [-0.15, -0.1) is 0 Å². The van der Waals surface area contributed by atoms with Crippen LogP contribution < -0.4 is 17.0 Å². The Kier molecular flexibility index (Phi) is 10.6. The van der Waals surface area contributed by atoms with Gasteiger partial charge in [0.15, 0.2) is 17.4 Å². The molecule has 0 aliphatic carbocycles. The molecule has 0 aromatic carbocycles. The lowest BCUT2D eigenvalue weighted by atomic mass is 10.1. The summed E-state index contributed by atoms with van der Waals surface area (Å²) in [6.07, 6.45) is -2.92. The number of ether oxygens (including phenoxy) is 1. The first-order valence-corrected chi connectivity index (χ1v) is 15.8. The van der Waals surface area contributed by atoms with Crippen LogP contribution in [0, 0.1) is 0 Å². The molecule has 20 nitrogen and oxygen atoms in total. The van der Waals surface area contributed by atoms with Gasteiger partial charge in [-0.1, -0.05) is 12.8 Å². The molecule has 1 aliphatic heterocycles. The van der Waals surface area contributed by atoms with E-state index in [0.29, 0.717) is 19.4 Å². The lowest BCUT2D eigenvalue weighted by molar-refractivity contribution is -0.0503. The van der Waals surface area contributed by atoms with Crippen LogP contribution in [0.1, 0.15) is 31.9 Å². The predicted octanol–water partition coefficient (Wildman–Crippen LogP) is -0.792. The Bertz CT molecular complexity index is 1340. The number of nitrogens with zero attached hydrogens (tertiary/aromatic N) is 3. The molecule has 0 spiro atoms. The van der Waals surface area contributed by atoms with E-state index in [1.54, 1.807) is 0 Å². The fraction of sp³-hybridized carbons (Fsp3) is 0.688. The van der Waals surface area contributed by atoms with Crippen molar-refractivity contribution in [3.05, 3.63) is 16.7 Å². The average molecular weight is 622 g/mol. The SMILES string of the molecule is NCCCCCCOP(=O)(O)OP(=O)(O)OP(=O)(O)OC[C@H]1O[C@@H](n2cnc3c(=O)[nH]c(N)nc32)[C@H](O)[C@@H]1O. The van der Waals surface area contributed by atoms with Crippen LogP contribution in [-0.2, 0) is 36.1 Å². The van der Waals surface area contributed by atoms with Crippen molar-refractivity contribution in [2.75, 3.05) is 25.5 Å². The summed E-state index contributed by atoms with van der Waals surface area (Å²) in [5.74, 6) is -0.267. The summed E-state index contributed by atoms with van der Waals surface area (Å²) in [7, 11) is -16.3. The summed E-state index contributed by atoms with van der Waals surface area (Å²) < 4.78 is 59.7. The summed E-state index contributed by atoms with van der Waals surface area (Å²) >= 11 is 0. The van der Waals surface area contributed by atoms with E-state index in [2.05, 4.69) is 32.6 Å². The maximum Gasteiger partial charge on any atom is 0.490 e. The van der Waals surface area contributed by atoms with Crippen LogP contribution in [-0.4, -0.2) is 82.5 Å². The van der Waals surface area contributed by atoms with Crippen molar-refractivity contribution in [2.45, 2.75) is 50.2 Å². The summed E-state index contributed by atoms with van der Waals surface area (Å²) in [6, 6.07) is 0. The van der Waals surface area contributed by atoms with Crippen LogP contribution in [0.3, 0.4) is 0 Å². The quantitative estimate of drug-likeness (QED) is 0.0890. The number of fused-ring (bicyclic) bond motifs is 1. The fourth-order valence-electron chi connectivity index (χ4n) is 3.50. The van der Waals surface area contributed by atoms with E-state index in [1.165, 1.54) is 0 Å². The van der Waals surface area contributed by atoms with Gasteiger partial charge in [-0.2, -0.15) is 13.6 Å². The van der Waals surface area contributed by atoms with Crippen molar-refractivity contribution < 1.29 is 61.0 Å². The molecule has 0 saturated carbocycles. The van der Waals surface area contributed by atoms with E-state index >= 15 is 0 Å². The Morgan fingerprint density at radius 2 is 1.64 bits per heavy atom. The summed E-state index contributed by atoms with van der Waals surface area (Å²) in [5, 5.41) is 20.7. The number of phosphoric ester groups is 2. The van der Waals surface area contributed by atoms with Crippen molar-refractivity contribution >= 4 is 40.6 Å². The third kappa shape index (κ3) is 8.69. The molecule has 23 heteroatoms. The molecule has 39 heavy (non-hydrogen) atoms. The van der Waals surface area contributed by atoms with Gasteiger partial charge in [0, 0.05) is 0 Å². The van der Waals surface area contributed by atoms with Crippen molar-refractivity contribution in [1.29, 1.82) is 0 Å². The van der Waals surface area contributed by atoms with Gasteiger partial charge < -0.3 is 41.1 Å². The summed E-state index contributed by atoms with van der Waals surface area (Å²) in [6.45, 7) is -0.836. The van der Waals surface area contributed by atoms with E-state index in [0.717, 1.165) is 23.7 Å². The third-order valence-corrected chi connectivity index (χ3v) is 9.52. The lowest BCUT2D eigenvalue weighted by Gasteiger charge is -2.20. The number of nitrogens with two attached hydrogens (primary N) is 2. The van der Waals surface area contributed by atoms with E-state index in [9.17, 15) is 43.4 Å². The molecule has 3 unspecified atom stereocenters. The molecule has 1 saturated heterocycles. The molecular formula is C16H29N6O14P3. The topological polar surface area (TPSA) is 314 Å². The van der Waals surface area contributed by atoms with E-state index in [4.69, 9.17) is 16.2 Å². The van der Waals surface area contributed by atoms with Gasteiger partial charge in [-0.3, -0.25) is 23.4 Å². The Morgan fingerprint density at radius 3 is 2.31 bits per heavy atom. The highest BCUT2D eigenvalue weighted by molar-refractivity contribution is 7.66. The molecule has 0 amide bonds. The second-order valence-corrected chi connectivity index (χ2v) is 12.9. The molecule has 0 bridgehead atoms. The van der Waals surface area contributed by atoms with Gasteiger partial charge >= 0.3 is 23.5 Å². The molecule has 0 radical (unpaired) electrons. The monoisotopic (exact) mass is 622 g/mol. The zero-order valence-electron chi connectivity index (χ0n) is 20.1. The predicted molar refractivity (Wildman–Crippen MR) is 130 cm³/mol. The van der Waals surface area contributed by atoms with Crippen molar-refractivity contribution in [2.24, 2.45) is 5.73 Å². The first kappa shape index (κ1) is 31.9. The molecule has 1 fully saturated rings. The van der Waals surface area contributed by atoms with Gasteiger partial charge in [0.1, 0.15) is 18.3 Å². The summed E-state index contributed by atoms with van der Waals surface area (Å²) in [5.41, 5.74) is 9.92. The van der Waals surface area contributed by atoms with Crippen LogP contribution in [0.15, 0.2) is 11.1 Å². The molecule has 222 valence electrons. The maximum atomic E-state index is 12.2. The van der Waals surface area contributed by atoms with Crippen LogP contribution >= 0.6 is 23.5 Å². The van der Waals surface area contributed by atoms with Crippen molar-refractivity contribution in [3.63, 3.8) is 0 Å². The van der Waals surface area contributed by atoms with Gasteiger partial charge in [-0.25, -0.2) is 18.7 Å². The van der Waals surface area contributed by atoms with Crippen LogP contribution in [0.4, 0.5) is 5.95 Å². The second-order valence-electron chi connectivity index (χ2n) is 8.22. The number of aromatic nitrogens is 4. The summed E-state index contributed by atoms with van der Waals surface area (Å²) in [4.78, 5) is 51.0. The van der Waals surface area contributed by atoms with Crippen molar-refractivity contribution in [1.82, 2.24) is 19.5 Å². The first-order chi connectivity index (χ1) is 18.1. The Labute approximate surface area is 219 Å². The molecule has 2 aromatic rings. The number of H-pyrrole nitrogens is 1. The lowest BCUT2D eigenvalue weighted by Crippen LogP contribution is -2.33. The van der Waals surface area contributed by atoms with Crippen LogP contribution in [0.5, 0.6) is 0 Å². The number of rotatable bonds is 15. The number of hydrogen-bond acceptors (Lipinski definition) is 15. The standard InChI is InChI=1S/C16H29N6O14P3/c17-5-3-1-2-4-6-32-37(26,27)35-39(30,31)36-38(28,29)33-7-9-11(23)12(24)15(34-9)22-8-19-10-13(22)20-16(18)21-14(10)25/h8-9,11-12,15,23-24H,1-7,17H2,(H,26,27)(H,28,29)(H,30,31)(H3,18,20,21,25)/t9-,11-,12-,15-/m1/s1. The Balaban J connectivity index is 1.57. The third-order valence-electron chi connectivity index (χ3n) is 5.23. The average Bonchev–Trinajstić information content (AvgIpc) is 3.34. The number of imidazole rings is 1. The molecular weight excluding hydrogens is 593 g/mol. The first-order valence-electron chi connectivity index (χ1n) is 11.3. The highest BCUT2D eigenvalue weighted by atomic mass is 31.3. The van der Waals surface area contributed by atoms with E-state index in [1.807, 2.05) is 0 Å². The van der Waals surface area contributed by atoms with Gasteiger partial charge in [-0.05, 0) is 19.4 Å². The van der Waals surface area contributed by atoms with E-state index < -0.39 is 60.2 Å². The Hall–Kier alpha value is -1.60. The molecule has 7 atom stereocenters. The van der Waals surface area contributed by atoms with Gasteiger partial charge in [0.25, 0.3) is 5.56 Å². The molecule has 1 aliphatic rings. The Morgan fingerprint density at radius 1 is 1.00 bits per heavy atom. The highest BCUT2D eigenvalue weighted by Crippen LogP contribution is 2.67.